The maximum atomic E-state index is 13.2. The van der Waals surface area contributed by atoms with Crippen molar-refractivity contribution in [1.29, 1.82) is 5.41 Å². The van der Waals surface area contributed by atoms with Crippen LogP contribution in [0.25, 0.3) is 5.57 Å². The number of hydrogen-bond donors (Lipinski definition) is 3. The van der Waals surface area contributed by atoms with Crippen LogP contribution >= 0.6 is 0 Å². The minimum atomic E-state index is -1.05. The van der Waals surface area contributed by atoms with E-state index in [0.717, 1.165) is 5.57 Å². The molecule has 9 heteroatoms. The van der Waals surface area contributed by atoms with E-state index in [9.17, 15) is 19.1 Å². The third-order valence-corrected chi connectivity index (χ3v) is 6.05. The molecule has 182 valence electrons. The van der Waals surface area contributed by atoms with Gasteiger partial charge in [0.05, 0.1) is 11.9 Å². The largest absolute Gasteiger partial charge is 0.383 e. The van der Waals surface area contributed by atoms with Gasteiger partial charge in [0.2, 0.25) is 0 Å². The Hall–Kier alpha value is -3.33. The molecule has 1 aliphatic heterocycles. The molecule has 2 aromatic rings. The molecule has 0 radical (unpaired) electrons. The predicted octanol–water partition coefficient (Wildman–Crippen LogP) is 3.10. The van der Waals surface area contributed by atoms with Crippen molar-refractivity contribution in [2.24, 2.45) is 5.92 Å². The van der Waals surface area contributed by atoms with Crippen molar-refractivity contribution in [3.8, 4) is 0 Å². The lowest BCUT2D eigenvalue weighted by Gasteiger charge is -2.40. The Morgan fingerprint density at radius 1 is 1.29 bits per heavy atom. The predicted molar refractivity (Wildman–Crippen MR) is 128 cm³/mol. The number of carbonyl (C=O) groups is 2. The molecule has 8 nitrogen and oxygen atoms in total. The van der Waals surface area contributed by atoms with Gasteiger partial charge < -0.3 is 25.3 Å². The molecule has 34 heavy (non-hydrogen) atoms. The number of H-pyrrole nitrogens is 1. The van der Waals surface area contributed by atoms with Crippen molar-refractivity contribution in [3.05, 3.63) is 59.4 Å². The van der Waals surface area contributed by atoms with E-state index in [4.69, 9.17) is 5.41 Å². The Bertz CT molecular complexity index is 1080. The van der Waals surface area contributed by atoms with E-state index < -0.39 is 6.10 Å². The van der Waals surface area contributed by atoms with Crippen molar-refractivity contribution in [2.75, 3.05) is 19.6 Å². The fourth-order valence-corrected chi connectivity index (χ4v) is 3.91. The molecule has 0 bridgehead atoms. The number of amides is 2. The quantitative estimate of drug-likeness (QED) is 0.541. The lowest BCUT2D eigenvalue weighted by atomic mass is 10.0. The minimum Gasteiger partial charge on any atom is -0.383 e. The molecule has 2 unspecified atom stereocenters. The number of hydrogen-bond acceptors (Lipinski definition) is 5. The van der Waals surface area contributed by atoms with Crippen molar-refractivity contribution in [1.82, 2.24) is 19.8 Å². The van der Waals surface area contributed by atoms with Crippen LogP contribution in [-0.2, 0) is 4.79 Å². The summed E-state index contributed by atoms with van der Waals surface area (Å²) in [6, 6.07) is 5.49. The SMILES string of the molecule is CC/C(=C/C(=N)c1ccc(F)cc1)c1ncc(C(=O)N2CCN(C(=O)C(O)C(C)C)C(C)C2)[nH]1. The van der Waals surface area contributed by atoms with Gasteiger partial charge in [0.25, 0.3) is 11.8 Å². The molecule has 0 aliphatic carbocycles. The number of piperazine rings is 1. The van der Waals surface area contributed by atoms with Crippen LogP contribution in [0.15, 0.2) is 36.5 Å². The molecule has 3 N–H and O–H groups in total. The fraction of sp³-hybridized carbons (Fsp3) is 0.440. The zero-order chi connectivity index (χ0) is 25.0. The number of nitrogens with one attached hydrogen (secondary N) is 2. The molecular formula is C25H32FN5O3. The van der Waals surface area contributed by atoms with Gasteiger partial charge >= 0.3 is 0 Å². The number of halogens is 1. The highest BCUT2D eigenvalue weighted by Crippen LogP contribution is 2.19. The molecule has 1 fully saturated rings. The molecule has 0 saturated carbocycles. The maximum Gasteiger partial charge on any atom is 0.272 e. The number of carbonyl (C=O) groups excluding carboxylic acids is 2. The maximum absolute atomic E-state index is 13.2. The minimum absolute atomic E-state index is 0.173. The number of aliphatic hydroxyl groups excluding tert-OH is 1. The van der Waals surface area contributed by atoms with E-state index in [1.807, 2.05) is 13.8 Å². The van der Waals surface area contributed by atoms with E-state index in [2.05, 4.69) is 9.97 Å². The average molecular weight is 470 g/mol. The number of imidazole rings is 1. The zero-order valence-corrected chi connectivity index (χ0v) is 20.0. The van der Waals surface area contributed by atoms with Gasteiger partial charge in [-0.2, -0.15) is 0 Å². The monoisotopic (exact) mass is 469 g/mol. The van der Waals surface area contributed by atoms with Gasteiger partial charge in [0.15, 0.2) is 0 Å². The van der Waals surface area contributed by atoms with Crippen LogP contribution in [-0.4, -0.2) is 74.2 Å². The Morgan fingerprint density at radius 3 is 2.56 bits per heavy atom. The van der Waals surface area contributed by atoms with Crippen LogP contribution in [0.5, 0.6) is 0 Å². The molecule has 1 saturated heterocycles. The number of aromatic amines is 1. The van der Waals surface area contributed by atoms with Crippen molar-refractivity contribution in [2.45, 2.75) is 46.3 Å². The molecule has 2 heterocycles. The lowest BCUT2D eigenvalue weighted by Crippen LogP contribution is -2.58. The van der Waals surface area contributed by atoms with E-state index >= 15 is 0 Å². The highest BCUT2D eigenvalue weighted by atomic mass is 19.1. The van der Waals surface area contributed by atoms with Gasteiger partial charge in [-0.05, 0) is 60.7 Å². The average Bonchev–Trinajstić information content (AvgIpc) is 3.31. The van der Waals surface area contributed by atoms with Crippen molar-refractivity contribution in [3.63, 3.8) is 0 Å². The summed E-state index contributed by atoms with van der Waals surface area (Å²) in [5, 5.41) is 18.4. The molecular weight excluding hydrogens is 437 g/mol. The number of aromatic nitrogens is 2. The number of allylic oxidation sites excluding steroid dienone is 2. The first-order valence-corrected chi connectivity index (χ1v) is 11.5. The van der Waals surface area contributed by atoms with E-state index in [1.165, 1.54) is 18.3 Å². The van der Waals surface area contributed by atoms with Gasteiger partial charge in [0, 0.05) is 25.7 Å². The first-order chi connectivity index (χ1) is 16.1. The van der Waals surface area contributed by atoms with Crippen LogP contribution in [0, 0.1) is 17.1 Å². The summed E-state index contributed by atoms with van der Waals surface area (Å²) < 4.78 is 13.2. The first kappa shape index (κ1) is 25.3. The van der Waals surface area contributed by atoms with Gasteiger partial charge in [-0.25, -0.2) is 9.37 Å². The summed E-state index contributed by atoms with van der Waals surface area (Å²) in [6.07, 6.45) is 2.67. The molecule has 2 amide bonds. The smallest absolute Gasteiger partial charge is 0.272 e. The molecule has 1 aliphatic rings. The Kier molecular flexibility index (Phi) is 7.98. The normalized spacial score (nSPS) is 17.7. The molecule has 3 rings (SSSR count). The van der Waals surface area contributed by atoms with Crippen LogP contribution in [0.2, 0.25) is 0 Å². The Labute approximate surface area is 199 Å². The topological polar surface area (TPSA) is 113 Å². The first-order valence-electron chi connectivity index (χ1n) is 11.5. The standard InChI is InChI=1S/C25H32FN5O3/c1-5-17(12-20(27)18-6-8-19(26)9-7-18)23-28-13-21(29-23)24(33)30-10-11-31(16(4)14-30)25(34)22(32)15(2)3/h6-9,12-13,15-16,22,27,32H,5,10-11,14H2,1-4H3,(H,28,29)/b17-12-,27-20?. The molecule has 1 aromatic carbocycles. The number of aliphatic hydroxyl groups is 1. The van der Waals surface area contributed by atoms with Gasteiger partial charge in [-0.3, -0.25) is 9.59 Å². The fourth-order valence-electron chi connectivity index (χ4n) is 3.91. The van der Waals surface area contributed by atoms with Crippen molar-refractivity contribution >= 4 is 23.1 Å². The lowest BCUT2D eigenvalue weighted by molar-refractivity contribution is -0.146. The Balaban J connectivity index is 1.69. The van der Waals surface area contributed by atoms with E-state index in [1.54, 1.807) is 41.9 Å². The molecule has 1 aromatic heterocycles. The summed E-state index contributed by atoms with van der Waals surface area (Å²) in [7, 11) is 0. The number of nitrogens with zero attached hydrogens (tertiary/aromatic N) is 3. The second-order valence-electron chi connectivity index (χ2n) is 8.91. The molecule has 2 atom stereocenters. The van der Waals surface area contributed by atoms with Crippen LogP contribution < -0.4 is 0 Å². The van der Waals surface area contributed by atoms with Gasteiger partial charge in [0.1, 0.15) is 23.4 Å². The van der Waals surface area contributed by atoms with Crippen LogP contribution in [0.3, 0.4) is 0 Å². The van der Waals surface area contributed by atoms with Gasteiger partial charge in [-0.15, -0.1) is 0 Å². The number of benzene rings is 1. The Morgan fingerprint density at radius 2 is 1.97 bits per heavy atom. The van der Waals surface area contributed by atoms with E-state index in [0.29, 0.717) is 43.1 Å². The second-order valence-corrected chi connectivity index (χ2v) is 8.91. The van der Waals surface area contributed by atoms with Crippen LogP contribution in [0.4, 0.5) is 4.39 Å². The highest BCUT2D eigenvalue weighted by Gasteiger charge is 2.34. The third-order valence-electron chi connectivity index (χ3n) is 6.05. The third kappa shape index (κ3) is 5.59. The summed E-state index contributed by atoms with van der Waals surface area (Å²) in [4.78, 5) is 36.3. The summed E-state index contributed by atoms with van der Waals surface area (Å²) >= 11 is 0. The van der Waals surface area contributed by atoms with E-state index in [-0.39, 0.29) is 35.3 Å². The summed E-state index contributed by atoms with van der Waals surface area (Å²) in [5.41, 5.74) is 1.88. The van der Waals surface area contributed by atoms with Crippen LogP contribution in [0.1, 0.15) is 56.0 Å². The van der Waals surface area contributed by atoms with Gasteiger partial charge in [-0.1, -0.05) is 20.8 Å². The second kappa shape index (κ2) is 10.7. The molecule has 0 spiro atoms. The number of rotatable bonds is 7. The van der Waals surface area contributed by atoms with Crippen molar-refractivity contribution < 1.29 is 19.1 Å². The summed E-state index contributed by atoms with van der Waals surface area (Å²) in [6.45, 7) is 8.45. The zero-order valence-electron chi connectivity index (χ0n) is 20.0. The highest BCUT2D eigenvalue weighted by molar-refractivity contribution is 6.10. The summed E-state index contributed by atoms with van der Waals surface area (Å²) in [5.74, 6) is -0.556.